The van der Waals surface area contributed by atoms with Crippen LogP contribution < -0.4 is 5.32 Å². The largest absolute Gasteiger partial charge is 0.447 e. The van der Waals surface area contributed by atoms with E-state index in [4.69, 9.17) is 4.42 Å². The summed E-state index contributed by atoms with van der Waals surface area (Å²) in [4.78, 5) is 33.1. The van der Waals surface area contributed by atoms with E-state index in [1.54, 1.807) is 4.90 Å². The predicted octanol–water partition coefficient (Wildman–Crippen LogP) is 4.28. The number of nitrogens with one attached hydrogen (secondary N) is 1. The zero-order valence-electron chi connectivity index (χ0n) is 17.0. The first kappa shape index (κ1) is 18.6. The second-order valence-corrected chi connectivity index (χ2v) is 8.25. The molecule has 1 spiro atoms. The average molecular weight is 401 g/mol. The van der Waals surface area contributed by atoms with E-state index in [-0.39, 0.29) is 17.7 Å². The number of hydrogen-bond acceptors (Lipinski definition) is 4. The Kier molecular flexibility index (Phi) is 4.24. The van der Waals surface area contributed by atoms with Gasteiger partial charge in [0, 0.05) is 18.2 Å². The average Bonchev–Trinajstić information content (AvgIpc) is 3.46. The molecule has 152 valence electrons. The minimum absolute atomic E-state index is 0.0358. The second kappa shape index (κ2) is 6.83. The third kappa shape index (κ3) is 2.53. The van der Waals surface area contributed by atoms with Gasteiger partial charge in [-0.1, -0.05) is 62.4 Å². The molecular weight excluding hydrogens is 378 g/mol. The van der Waals surface area contributed by atoms with Gasteiger partial charge in [0.15, 0.2) is 12.1 Å². The minimum atomic E-state index is -0.824. The zero-order chi connectivity index (χ0) is 20.9. The fourth-order valence-electron chi connectivity index (χ4n) is 4.97. The summed E-state index contributed by atoms with van der Waals surface area (Å²) in [6.07, 6.45) is 1.87. The van der Waals surface area contributed by atoms with Gasteiger partial charge in [0.05, 0.1) is 6.04 Å². The Labute approximate surface area is 174 Å². The molecular formula is C24H23N3O3. The van der Waals surface area contributed by atoms with Crippen LogP contribution in [0.15, 0.2) is 65.4 Å². The van der Waals surface area contributed by atoms with E-state index in [1.165, 1.54) is 6.39 Å². The Balaban J connectivity index is 1.66. The minimum Gasteiger partial charge on any atom is -0.447 e. The lowest BCUT2D eigenvalue weighted by Crippen LogP contribution is -2.42. The Hall–Kier alpha value is -3.41. The fraction of sp³-hybridized carbons (Fsp3) is 0.292. The van der Waals surface area contributed by atoms with E-state index in [1.807, 2.05) is 68.4 Å². The number of oxazole rings is 1. The predicted molar refractivity (Wildman–Crippen MR) is 112 cm³/mol. The van der Waals surface area contributed by atoms with Crippen LogP contribution in [0.1, 0.15) is 59.6 Å². The number of likely N-dealkylation sites (tertiary alicyclic amines) is 1. The molecule has 1 N–H and O–H groups in total. The van der Waals surface area contributed by atoms with Crippen molar-refractivity contribution in [3.05, 3.63) is 83.6 Å². The van der Waals surface area contributed by atoms with Gasteiger partial charge in [-0.05, 0) is 23.6 Å². The van der Waals surface area contributed by atoms with Crippen LogP contribution in [0.3, 0.4) is 0 Å². The van der Waals surface area contributed by atoms with Crippen molar-refractivity contribution < 1.29 is 14.0 Å². The van der Waals surface area contributed by atoms with Crippen molar-refractivity contribution >= 4 is 17.5 Å². The standard InChI is InChI=1S/C24H23N3O3/c1-15(2)20-19(25-14-30-20)22(28)27-13-12-24(21(27)16-8-4-3-5-9-16)17-10-6-7-11-18(17)26-23(24)29/h3-11,14-15,21H,12-13H2,1-2H3,(H,26,29)/t21-,24+/m0/s1. The molecule has 2 amide bonds. The highest BCUT2D eigenvalue weighted by Crippen LogP contribution is 2.55. The maximum absolute atomic E-state index is 13.6. The van der Waals surface area contributed by atoms with E-state index in [9.17, 15) is 9.59 Å². The summed E-state index contributed by atoms with van der Waals surface area (Å²) in [5.74, 6) is 0.352. The van der Waals surface area contributed by atoms with Gasteiger partial charge in [0.2, 0.25) is 5.91 Å². The number of rotatable bonds is 3. The summed E-state index contributed by atoms with van der Waals surface area (Å²) in [6, 6.07) is 17.1. The Morgan fingerprint density at radius 2 is 1.90 bits per heavy atom. The molecule has 0 radical (unpaired) electrons. The van der Waals surface area contributed by atoms with Gasteiger partial charge in [-0.25, -0.2) is 4.98 Å². The second-order valence-electron chi connectivity index (χ2n) is 8.25. The molecule has 0 aliphatic carbocycles. The number of nitrogens with zero attached hydrogens (tertiary/aromatic N) is 2. The smallest absolute Gasteiger partial charge is 0.276 e. The molecule has 0 bridgehead atoms. The number of amides is 2. The molecule has 2 aromatic carbocycles. The monoisotopic (exact) mass is 401 g/mol. The first-order chi connectivity index (χ1) is 14.5. The molecule has 2 aliphatic heterocycles. The van der Waals surface area contributed by atoms with Gasteiger partial charge in [0.1, 0.15) is 11.2 Å². The molecule has 3 heterocycles. The summed E-state index contributed by atoms with van der Waals surface area (Å²) in [6.45, 7) is 4.40. The number of carbonyl (C=O) groups excluding carboxylic acids is 2. The molecule has 1 saturated heterocycles. The lowest BCUT2D eigenvalue weighted by molar-refractivity contribution is -0.121. The van der Waals surface area contributed by atoms with Gasteiger partial charge in [-0.15, -0.1) is 0 Å². The van der Waals surface area contributed by atoms with Gasteiger partial charge in [-0.2, -0.15) is 0 Å². The molecule has 6 nitrogen and oxygen atoms in total. The summed E-state index contributed by atoms with van der Waals surface area (Å²) in [5, 5.41) is 3.04. The van der Waals surface area contributed by atoms with Crippen molar-refractivity contribution in [2.75, 3.05) is 11.9 Å². The van der Waals surface area contributed by atoms with Crippen molar-refractivity contribution in [1.29, 1.82) is 0 Å². The van der Waals surface area contributed by atoms with E-state index in [0.29, 0.717) is 24.4 Å². The van der Waals surface area contributed by atoms with Gasteiger partial charge < -0.3 is 14.6 Å². The van der Waals surface area contributed by atoms with Crippen LogP contribution >= 0.6 is 0 Å². The van der Waals surface area contributed by atoms with Gasteiger partial charge in [0.25, 0.3) is 5.91 Å². The highest BCUT2D eigenvalue weighted by Gasteiger charge is 2.59. The molecule has 0 saturated carbocycles. The van der Waals surface area contributed by atoms with E-state index in [0.717, 1.165) is 16.8 Å². The molecule has 5 rings (SSSR count). The number of fused-ring (bicyclic) bond motifs is 2. The molecule has 1 aromatic heterocycles. The third-order valence-electron chi connectivity index (χ3n) is 6.28. The van der Waals surface area contributed by atoms with Gasteiger partial charge in [-0.3, -0.25) is 9.59 Å². The van der Waals surface area contributed by atoms with E-state index < -0.39 is 11.5 Å². The van der Waals surface area contributed by atoms with Crippen LogP contribution in [0.25, 0.3) is 0 Å². The summed E-state index contributed by atoms with van der Waals surface area (Å²) in [7, 11) is 0. The van der Waals surface area contributed by atoms with Crippen LogP contribution in [0, 0.1) is 0 Å². The normalized spacial score (nSPS) is 22.6. The van der Waals surface area contributed by atoms with Crippen molar-refractivity contribution in [2.24, 2.45) is 0 Å². The van der Waals surface area contributed by atoms with Gasteiger partial charge >= 0.3 is 0 Å². The number of para-hydroxylation sites is 1. The first-order valence-electron chi connectivity index (χ1n) is 10.2. The van der Waals surface area contributed by atoms with E-state index in [2.05, 4.69) is 10.3 Å². The number of anilines is 1. The Bertz CT molecular complexity index is 1120. The summed E-state index contributed by atoms with van der Waals surface area (Å²) >= 11 is 0. The maximum atomic E-state index is 13.6. The zero-order valence-corrected chi connectivity index (χ0v) is 17.0. The molecule has 0 unspecified atom stereocenters. The van der Waals surface area contributed by atoms with Crippen LogP contribution in [-0.4, -0.2) is 28.2 Å². The number of benzene rings is 2. The van der Waals surface area contributed by atoms with Crippen LogP contribution in [0.2, 0.25) is 0 Å². The van der Waals surface area contributed by atoms with E-state index >= 15 is 0 Å². The van der Waals surface area contributed by atoms with Crippen molar-refractivity contribution in [1.82, 2.24) is 9.88 Å². The molecule has 30 heavy (non-hydrogen) atoms. The Morgan fingerprint density at radius 3 is 2.67 bits per heavy atom. The number of aromatic nitrogens is 1. The molecule has 6 heteroatoms. The molecule has 3 aromatic rings. The summed E-state index contributed by atoms with van der Waals surface area (Å²) in [5.41, 5.74) is 2.21. The van der Waals surface area contributed by atoms with Crippen molar-refractivity contribution in [3.8, 4) is 0 Å². The SMILES string of the molecule is CC(C)c1ocnc1C(=O)N1CC[C@]2(C(=O)Nc3ccccc32)[C@@H]1c1ccccc1. The van der Waals surface area contributed by atoms with Crippen molar-refractivity contribution in [3.63, 3.8) is 0 Å². The molecule has 2 atom stereocenters. The highest BCUT2D eigenvalue weighted by atomic mass is 16.3. The number of hydrogen-bond donors (Lipinski definition) is 1. The lowest BCUT2D eigenvalue weighted by Gasteiger charge is -2.34. The fourth-order valence-corrected chi connectivity index (χ4v) is 4.97. The van der Waals surface area contributed by atoms with Crippen molar-refractivity contribution in [2.45, 2.75) is 37.6 Å². The molecule has 2 aliphatic rings. The topological polar surface area (TPSA) is 75.4 Å². The van der Waals surface area contributed by atoms with Crippen LogP contribution in [0.4, 0.5) is 5.69 Å². The summed E-state index contributed by atoms with van der Waals surface area (Å²) < 4.78 is 5.50. The first-order valence-corrected chi connectivity index (χ1v) is 10.2. The highest BCUT2D eigenvalue weighted by molar-refractivity contribution is 6.08. The quantitative estimate of drug-likeness (QED) is 0.711. The Morgan fingerprint density at radius 1 is 1.17 bits per heavy atom. The maximum Gasteiger partial charge on any atom is 0.276 e. The lowest BCUT2D eigenvalue weighted by atomic mass is 9.72. The van der Waals surface area contributed by atoms with Crippen LogP contribution in [-0.2, 0) is 10.2 Å². The third-order valence-corrected chi connectivity index (χ3v) is 6.28. The van der Waals surface area contributed by atoms with Crippen LogP contribution in [0.5, 0.6) is 0 Å². The molecule has 1 fully saturated rings. The number of carbonyl (C=O) groups is 2.